The number of hydrogen-bond acceptors (Lipinski definition) is 2. The van der Waals surface area contributed by atoms with E-state index in [1.165, 1.54) is 44.9 Å². The van der Waals surface area contributed by atoms with Crippen molar-refractivity contribution >= 4 is 5.97 Å². The van der Waals surface area contributed by atoms with Gasteiger partial charge in [0.15, 0.2) is 0 Å². The number of rotatable bonds is 11. The van der Waals surface area contributed by atoms with Crippen molar-refractivity contribution < 1.29 is 14.6 Å². The summed E-state index contributed by atoms with van der Waals surface area (Å²) >= 11 is 0. The quantitative estimate of drug-likeness (QED) is 0.422. The predicted molar refractivity (Wildman–Crippen MR) is 86.6 cm³/mol. The second-order valence-corrected chi connectivity index (χ2v) is 6.47. The summed E-state index contributed by atoms with van der Waals surface area (Å²) in [6, 6.07) is 0. The van der Waals surface area contributed by atoms with Gasteiger partial charge in [-0.25, -0.2) is 0 Å². The van der Waals surface area contributed by atoms with Gasteiger partial charge in [-0.1, -0.05) is 71.1 Å². The Kier molecular flexibility index (Phi) is 10.6. The Morgan fingerprint density at radius 3 is 2.24 bits per heavy atom. The van der Waals surface area contributed by atoms with Crippen LogP contribution in [0.5, 0.6) is 0 Å². The summed E-state index contributed by atoms with van der Waals surface area (Å²) in [4.78, 5) is 11.3. The molecule has 3 heteroatoms. The lowest BCUT2D eigenvalue weighted by Crippen LogP contribution is -2.30. The number of carboxylic acid groups (broad SMARTS) is 1. The average molecular weight is 298 g/mol. The van der Waals surface area contributed by atoms with Crippen LogP contribution in [-0.4, -0.2) is 23.8 Å². The van der Waals surface area contributed by atoms with Crippen LogP contribution in [-0.2, 0) is 9.53 Å². The van der Waals surface area contributed by atoms with E-state index in [0.29, 0.717) is 0 Å². The van der Waals surface area contributed by atoms with Crippen LogP contribution in [0.15, 0.2) is 0 Å². The van der Waals surface area contributed by atoms with E-state index < -0.39 is 5.97 Å². The molecule has 1 N–H and O–H groups in total. The number of carboxylic acids is 1. The third-order valence-corrected chi connectivity index (χ3v) is 4.60. The van der Waals surface area contributed by atoms with Gasteiger partial charge in [0.2, 0.25) is 0 Å². The molecular weight excluding hydrogens is 264 g/mol. The molecular formula is C18H34O3. The molecule has 0 aliphatic heterocycles. The van der Waals surface area contributed by atoms with Crippen molar-refractivity contribution in [3.8, 4) is 0 Å². The van der Waals surface area contributed by atoms with Crippen molar-refractivity contribution in [3.63, 3.8) is 0 Å². The number of ether oxygens (including phenoxy) is 1. The zero-order chi connectivity index (χ0) is 15.3. The van der Waals surface area contributed by atoms with E-state index in [0.717, 1.165) is 45.1 Å². The van der Waals surface area contributed by atoms with Crippen molar-refractivity contribution in [3.05, 3.63) is 0 Å². The summed E-state index contributed by atoms with van der Waals surface area (Å²) in [7, 11) is 0. The molecule has 0 spiro atoms. The Bertz CT molecular complexity index is 265. The lowest BCUT2D eigenvalue weighted by molar-refractivity contribution is -0.148. The molecule has 0 radical (unpaired) electrons. The van der Waals surface area contributed by atoms with Crippen LogP contribution < -0.4 is 0 Å². The van der Waals surface area contributed by atoms with Gasteiger partial charge in [0.05, 0.1) is 12.0 Å². The first kappa shape index (κ1) is 18.5. The SMILES string of the molecule is CCCCCCCCCCOC1CCCCCC1C(=O)O. The van der Waals surface area contributed by atoms with Crippen LogP contribution in [0.3, 0.4) is 0 Å². The Morgan fingerprint density at radius 2 is 1.57 bits per heavy atom. The number of aliphatic carboxylic acids is 1. The maximum absolute atomic E-state index is 11.3. The van der Waals surface area contributed by atoms with Gasteiger partial charge in [-0.2, -0.15) is 0 Å². The first-order chi connectivity index (χ1) is 10.3. The summed E-state index contributed by atoms with van der Waals surface area (Å²) in [5.41, 5.74) is 0. The zero-order valence-electron chi connectivity index (χ0n) is 13.8. The maximum atomic E-state index is 11.3. The van der Waals surface area contributed by atoms with Gasteiger partial charge < -0.3 is 9.84 Å². The van der Waals surface area contributed by atoms with E-state index in [-0.39, 0.29) is 12.0 Å². The summed E-state index contributed by atoms with van der Waals surface area (Å²) < 4.78 is 5.90. The van der Waals surface area contributed by atoms with Crippen LogP contribution in [0, 0.1) is 5.92 Å². The largest absolute Gasteiger partial charge is 0.481 e. The van der Waals surface area contributed by atoms with Crippen LogP contribution in [0.2, 0.25) is 0 Å². The normalized spacial score (nSPS) is 22.9. The molecule has 0 bridgehead atoms. The van der Waals surface area contributed by atoms with Crippen molar-refractivity contribution in [1.29, 1.82) is 0 Å². The molecule has 1 rings (SSSR count). The Labute approximate surface area is 130 Å². The Hall–Kier alpha value is -0.570. The monoisotopic (exact) mass is 298 g/mol. The topological polar surface area (TPSA) is 46.5 Å². The molecule has 3 nitrogen and oxygen atoms in total. The van der Waals surface area contributed by atoms with Crippen molar-refractivity contribution in [1.82, 2.24) is 0 Å². The summed E-state index contributed by atoms with van der Waals surface area (Å²) in [5.74, 6) is -0.945. The van der Waals surface area contributed by atoms with Crippen LogP contribution in [0.1, 0.15) is 90.4 Å². The van der Waals surface area contributed by atoms with Crippen molar-refractivity contribution in [2.24, 2.45) is 5.92 Å². The third kappa shape index (κ3) is 8.45. The fourth-order valence-electron chi connectivity index (χ4n) is 3.23. The third-order valence-electron chi connectivity index (χ3n) is 4.60. The molecule has 0 aromatic heterocycles. The van der Waals surface area contributed by atoms with Gasteiger partial charge in [0, 0.05) is 6.61 Å². The lowest BCUT2D eigenvalue weighted by Gasteiger charge is -2.22. The zero-order valence-corrected chi connectivity index (χ0v) is 13.8. The molecule has 124 valence electrons. The summed E-state index contributed by atoms with van der Waals surface area (Å²) in [5, 5.41) is 9.30. The molecule has 0 heterocycles. The lowest BCUT2D eigenvalue weighted by atomic mass is 9.97. The van der Waals surface area contributed by atoms with Gasteiger partial charge in [-0.05, 0) is 19.3 Å². The molecule has 1 fully saturated rings. The summed E-state index contributed by atoms with van der Waals surface area (Å²) in [6.45, 7) is 2.98. The van der Waals surface area contributed by atoms with E-state index >= 15 is 0 Å². The fourth-order valence-corrected chi connectivity index (χ4v) is 3.23. The molecule has 1 aliphatic rings. The average Bonchev–Trinajstić information content (AvgIpc) is 2.71. The minimum absolute atomic E-state index is 0.0467. The second-order valence-electron chi connectivity index (χ2n) is 6.47. The van der Waals surface area contributed by atoms with E-state index in [9.17, 15) is 9.90 Å². The minimum Gasteiger partial charge on any atom is -0.481 e. The first-order valence-electron chi connectivity index (χ1n) is 9.10. The molecule has 0 amide bonds. The summed E-state index contributed by atoms with van der Waals surface area (Å²) in [6.07, 6.45) is 15.3. The van der Waals surface area contributed by atoms with Crippen molar-refractivity contribution in [2.75, 3.05) is 6.61 Å². The standard InChI is InChI=1S/C18H34O3/c1-2-3-4-5-6-7-8-12-15-21-17-14-11-9-10-13-16(17)18(19)20/h16-17H,2-15H2,1H3,(H,19,20). The second kappa shape index (κ2) is 12.0. The van der Waals surface area contributed by atoms with E-state index in [1.54, 1.807) is 0 Å². The highest BCUT2D eigenvalue weighted by Gasteiger charge is 2.29. The van der Waals surface area contributed by atoms with E-state index in [4.69, 9.17) is 4.74 Å². The van der Waals surface area contributed by atoms with Crippen LogP contribution >= 0.6 is 0 Å². The number of hydrogen-bond donors (Lipinski definition) is 1. The predicted octanol–water partition coefficient (Wildman–Crippen LogP) is 5.18. The Morgan fingerprint density at radius 1 is 0.952 bits per heavy atom. The van der Waals surface area contributed by atoms with E-state index in [2.05, 4.69) is 6.92 Å². The highest BCUT2D eigenvalue weighted by Crippen LogP contribution is 2.26. The first-order valence-corrected chi connectivity index (χ1v) is 9.10. The van der Waals surface area contributed by atoms with Gasteiger partial charge >= 0.3 is 5.97 Å². The smallest absolute Gasteiger partial charge is 0.309 e. The molecule has 2 atom stereocenters. The molecule has 2 unspecified atom stereocenters. The van der Waals surface area contributed by atoms with Crippen LogP contribution in [0.25, 0.3) is 0 Å². The Balaban J connectivity index is 2.05. The maximum Gasteiger partial charge on any atom is 0.309 e. The molecule has 0 saturated heterocycles. The van der Waals surface area contributed by atoms with E-state index in [1.807, 2.05) is 0 Å². The van der Waals surface area contributed by atoms with Gasteiger partial charge in [-0.15, -0.1) is 0 Å². The molecule has 1 aliphatic carbocycles. The molecule has 21 heavy (non-hydrogen) atoms. The minimum atomic E-state index is -0.669. The highest BCUT2D eigenvalue weighted by molar-refractivity contribution is 5.70. The number of carbonyl (C=O) groups is 1. The molecule has 0 aromatic rings. The van der Waals surface area contributed by atoms with Crippen LogP contribution in [0.4, 0.5) is 0 Å². The fraction of sp³-hybridized carbons (Fsp3) is 0.944. The van der Waals surface area contributed by atoms with Crippen molar-refractivity contribution in [2.45, 2.75) is 96.5 Å². The van der Waals surface area contributed by atoms with Gasteiger partial charge in [0.1, 0.15) is 0 Å². The molecule has 1 saturated carbocycles. The number of unbranched alkanes of at least 4 members (excludes halogenated alkanes) is 7. The van der Waals surface area contributed by atoms with Gasteiger partial charge in [0.25, 0.3) is 0 Å². The van der Waals surface area contributed by atoms with Gasteiger partial charge in [-0.3, -0.25) is 4.79 Å². The highest BCUT2D eigenvalue weighted by atomic mass is 16.5. The molecule has 0 aromatic carbocycles.